The second-order valence-corrected chi connectivity index (χ2v) is 5.47. The molecule has 2 heterocycles. The number of anilines is 1. The van der Waals surface area contributed by atoms with Crippen LogP contribution in [0, 0.1) is 0 Å². The molecule has 2 aromatic rings. The minimum absolute atomic E-state index is 0.250. The number of nitrogens with zero attached hydrogens (tertiary/aromatic N) is 2. The third-order valence-corrected chi connectivity index (χ3v) is 3.88. The lowest BCUT2D eigenvalue weighted by Gasteiger charge is -2.25. The second kappa shape index (κ2) is 5.77. The predicted molar refractivity (Wildman–Crippen MR) is 81.5 cm³/mol. The minimum Gasteiger partial charge on any atom is -0.368 e. The van der Waals surface area contributed by atoms with Gasteiger partial charge < -0.3 is 11.1 Å². The van der Waals surface area contributed by atoms with Gasteiger partial charge in [0.05, 0.1) is 11.7 Å². The van der Waals surface area contributed by atoms with E-state index in [1.165, 1.54) is 12.8 Å². The zero-order valence-electron chi connectivity index (χ0n) is 11.1. The zero-order chi connectivity index (χ0) is 13.9. The fraction of sp³-hybridized carbons (Fsp3) is 0.333. The number of aromatic nitrogens is 2. The van der Waals surface area contributed by atoms with Crippen LogP contribution in [0.3, 0.4) is 0 Å². The van der Waals surface area contributed by atoms with Gasteiger partial charge in [-0.05, 0) is 37.1 Å². The molecule has 1 saturated heterocycles. The third kappa shape index (κ3) is 2.76. The largest absolute Gasteiger partial charge is 0.368 e. The number of piperidine rings is 1. The van der Waals surface area contributed by atoms with E-state index in [1.807, 2.05) is 24.3 Å². The summed E-state index contributed by atoms with van der Waals surface area (Å²) in [5.41, 5.74) is 8.84. The van der Waals surface area contributed by atoms with Crippen LogP contribution in [-0.4, -0.2) is 16.5 Å². The third-order valence-electron chi connectivity index (χ3n) is 3.63. The molecule has 20 heavy (non-hydrogen) atoms. The SMILES string of the molecule is Nc1ncc(-c2ccc(Cl)cc2)c(C2CCCCN2)n1. The molecule has 1 aromatic carbocycles. The average molecular weight is 289 g/mol. The summed E-state index contributed by atoms with van der Waals surface area (Å²) in [5.74, 6) is 0.324. The maximum absolute atomic E-state index is 5.95. The molecule has 0 bridgehead atoms. The van der Waals surface area contributed by atoms with Crippen LogP contribution in [0.1, 0.15) is 31.0 Å². The van der Waals surface area contributed by atoms with Crippen LogP contribution in [-0.2, 0) is 0 Å². The standard InChI is InChI=1S/C15H17ClN4/c16-11-6-4-10(5-7-11)12-9-19-15(17)20-14(12)13-3-1-2-8-18-13/h4-7,9,13,18H,1-3,8H2,(H2,17,19,20). The molecule has 104 valence electrons. The Kier molecular flexibility index (Phi) is 3.85. The number of hydrogen-bond donors (Lipinski definition) is 2. The van der Waals surface area contributed by atoms with E-state index >= 15 is 0 Å². The monoisotopic (exact) mass is 288 g/mol. The number of nitrogens with two attached hydrogens (primary N) is 1. The lowest BCUT2D eigenvalue weighted by atomic mass is 9.96. The van der Waals surface area contributed by atoms with Gasteiger partial charge in [0, 0.05) is 16.8 Å². The molecule has 3 rings (SSSR count). The highest BCUT2D eigenvalue weighted by Gasteiger charge is 2.20. The van der Waals surface area contributed by atoms with Gasteiger partial charge in [0.1, 0.15) is 0 Å². The Hall–Kier alpha value is -1.65. The lowest BCUT2D eigenvalue weighted by Crippen LogP contribution is -2.28. The molecular formula is C15H17ClN4. The van der Waals surface area contributed by atoms with Gasteiger partial charge in [-0.2, -0.15) is 0 Å². The zero-order valence-corrected chi connectivity index (χ0v) is 11.9. The Bertz CT molecular complexity index is 591. The average Bonchev–Trinajstić information content (AvgIpc) is 2.49. The number of halogens is 1. The molecule has 0 saturated carbocycles. The Balaban J connectivity index is 2.03. The van der Waals surface area contributed by atoms with Crippen molar-refractivity contribution in [3.8, 4) is 11.1 Å². The van der Waals surface area contributed by atoms with Crippen LogP contribution in [0.25, 0.3) is 11.1 Å². The summed E-state index contributed by atoms with van der Waals surface area (Å²) in [7, 11) is 0. The van der Waals surface area contributed by atoms with Crippen LogP contribution in [0.4, 0.5) is 5.95 Å². The Morgan fingerprint density at radius 1 is 1.20 bits per heavy atom. The number of nitrogens with one attached hydrogen (secondary N) is 1. The first-order valence-electron chi connectivity index (χ1n) is 6.86. The Morgan fingerprint density at radius 3 is 2.70 bits per heavy atom. The molecule has 1 aliphatic rings. The number of benzene rings is 1. The van der Waals surface area contributed by atoms with Crippen LogP contribution in [0.15, 0.2) is 30.5 Å². The van der Waals surface area contributed by atoms with E-state index in [2.05, 4.69) is 15.3 Å². The van der Waals surface area contributed by atoms with Gasteiger partial charge in [-0.3, -0.25) is 0 Å². The first kappa shape index (κ1) is 13.3. The maximum atomic E-state index is 5.95. The molecule has 0 spiro atoms. The van der Waals surface area contributed by atoms with Gasteiger partial charge >= 0.3 is 0 Å². The van der Waals surface area contributed by atoms with Gasteiger partial charge in [0.15, 0.2) is 0 Å². The minimum atomic E-state index is 0.250. The molecule has 1 atom stereocenters. The van der Waals surface area contributed by atoms with Crippen molar-refractivity contribution in [3.05, 3.63) is 41.2 Å². The van der Waals surface area contributed by atoms with Crippen molar-refractivity contribution in [1.82, 2.24) is 15.3 Å². The molecule has 3 N–H and O–H groups in total. The van der Waals surface area contributed by atoms with E-state index in [9.17, 15) is 0 Å². The van der Waals surface area contributed by atoms with Crippen LogP contribution in [0.2, 0.25) is 5.02 Å². The van der Waals surface area contributed by atoms with Gasteiger partial charge in [-0.1, -0.05) is 30.2 Å². The predicted octanol–water partition coefficient (Wildman–Crippen LogP) is 3.19. The lowest BCUT2D eigenvalue weighted by molar-refractivity contribution is 0.406. The van der Waals surface area contributed by atoms with E-state index in [0.717, 1.165) is 34.8 Å². The number of nitrogen functional groups attached to an aromatic ring is 1. The summed E-state index contributed by atoms with van der Waals surface area (Å²) in [6.45, 7) is 1.02. The molecule has 1 unspecified atom stereocenters. The molecule has 5 heteroatoms. The van der Waals surface area contributed by atoms with Crippen LogP contribution in [0.5, 0.6) is 0 Å². The maximum Gasteiger partial charge on any atom is 0.220 e. The van der Waals surface area contributed by atoms with E-state index in [1.54, 1.807) is 6.20 Å². The van der Waals surface area contributed by atoms with Gasteiger partial charge in [0.25, 0.3) is 0 Å². The quantitative estimate of drug-likeness (QED) is 0.891. The number of rotatable bonds is 2. The molecule has 0 radical (unpaired) electrons. The molecule has 4 nitrogen and oxygen atoms in total. The fourth-order valence-corrected chi connectivity index (χ4v) is 2.74. The molecule has 1 aliphatic heterocycles. The summed E-state index contributed by atoms with van der Waals surface area (Å²) in [6, 6.07) is 7.99. The highest BCUT2D eigenvalue weighted by Crippen LogP contribution is 2.31. The van der Waals surface area contributed by atoms with Crippen molar-refractivity contribution in [3.63, 3.8) is 0 Å². The summed E-state index contributed by atoms with van der Waals surface area (Å²) in [6.07, 6.45) is 5.31. The van der Waals surface area contributed by atoms with Crippen molar-refractivity contribution < 1.29 is 0 Å². The van der Waals surface area contributed by atoms with E-state index < -0.39 is 0 Å². The van der Waals surface area contributed by atoms with Crippen molar-refractivity contribution in [2.75, 3.05) is 12.3 Å². The first-order chi connectivity index (χ1) is 9.74. The van der Waals surface area contributed by atoms with E-state index in [-0.39, 0.29) is 6.04 Å². The summed E-state index contributed by atoms with van der Waals surface area (Å²) < 4.78 is 0. The fourth-order valence-electron chi connectivity index (χ4n) is 2.61. The second-order valence-electron chi connectivity index (χ2n) is 5.04. The normalized spacial score (nSPS) is 18.9. The van der Waals surface area contributed by atoms with Gasteiger partial charge in [-0.15, -0.1) is 0 Å². The highest BCUT2D eigenvalue weighted by molar-refractivity contribution is 6.30. The number of hydrogen-bond acceptors (Lipinski definition) is 4. The molecule has 0 amide bonds. The van der Waals surface area contributed by atoms with Crippen LogP contribution >= 0.6 is 11.6 Å². The molecule has 0 aliphatic carbocycles. The Morgan fingerprint density at radius 2 is 2.00 bits per heavy atom. The first-order valence-corrected chi connectivity index (χ1v) is 7.23. The molecular weight excluding hydrogens is 272 g/mol. The van der Waals surface area contributed by atoms with Gasteiger partial charge in [0.2, 0.25) is 5.95 Å². The summed E-state index contributed by atoms with van der Waals surface area (Å²) in [5, 5.41) is 4.24. The van der Waals surface area contributed by atoms with Crippen molar-refractivity contribution in [2.24, 2.45) is 0 Å². The van der Waals surface area contributed by atoms with Crippen LogP contribution < -0.4 is 11.1 Å². The Labute approximate surface area is 123 Å². The summed E-state index contributed by atoms with van der Waals surface area (Å²) >= 11 is 5.95. The van der Waals surface area contributed by atoms with E-state index in [4.69, 9.17) is 17.3 Å². The van der Waals surface area contributed by atoms with Crippen molar-refractivity contribution >= 4 is 17.5 Å². The van der Waals surface area contributed by atoms with Crippen molar-refractivity contribution in [1.29, 1.82) is 0 Å². The molecule has 1 fully saturated rings. The summed E-state index contributed by atoms with van der Waals surface area (Å²) in [4.78, 5) is 8.61. The van der Waals surface area contributed by atoms with E-state index in [0.29, 0.717) is 5.95 Å². The highest BCUT2D eigenvalue weighted by atomic mass is 35.5. The topological polar surface area (TPSA) is 63.8 Å². The van der Waals surface area contributed by atoms with Crippen molar-refractivity contribution in [2.45, 2.75) is 25.3 Å². The molecule has 1 aromatic heterocycles. The smallest absolute Gasteiger partial charge is 0.220 e. The van der Waals surface area contributed by atoms with Gasteiger partial charge in [-0.25, -0.2) is 9.97 Å².